The predicted octanol–water partition coefficient (Wildman–Crippen LogP) is 3.16. The van der Waals surface area contributed by atoms with Gasteiger partial charge in [-0.2, -0.15) is 0 Å². The van der Waals surface area contributed by atoms with Crippen LogP contribution in [0.3, 0.4) is 0 Å². The van der Waals surface area contributed by atoms with E-state index in [1.165, 1.54) is 5.56 Å². The van der Waals surface area contributed by atoms with E-state index in [0.717, 1.165) is 10.8 Å². The maximum Gasteiger partial charge on any atom is 0.165 e. The highest BCUT2D eigenvalue weighted by Crippen LogP contribution is 2.22. The van der Waals surface area contributed by atoms with E-state index in [2.05, 4.69) is 6.07 Å². The summed E-state index contributed by atoms with van der Waals surface area (Å²) in [7, 11) is 0. The zero-order valence-corrected chi connectivity index (χ0v) is 10.1. The lowest BCUT2D eigenvalue weighted by Crippen LogP contribution is -2.10. The first-order valence-corrected chi connectivity index (χ1v) is 5.83. The van der Waals surface area contributed by atoms with Gasteiger partial charge in [-0.3, -0.25) is 4.79 Å². The number of Topliss-reactive ketones (excluding diaryl/α,β-unsaturated/α-hetero) is 1. The Bertz CT molecular complexity index is 558. The van der Waals surface area contributed by atoms with Crippen molar-refractivity contribution in [3.05, 3.63) is 47.5 Å². The van der Waals surface area contributed by atoms with Crippen molar-refractivity contribution in [2.24, 2.45) is 0 Å². The number of carbonyl (C=O) groups excluding carboxylic acids is 1. The highest BCUT2D eigenvalue weighted by Gasteiger charge is 2.15. The van der Waals surface area contributed by atoms with Gasteiger partial charge in [-0.05, 0) is 29.3 Å². The van der Waals surface area contributed by atoms with E-state index >= 15 is 0 Å². The fourth-order valence-electron chi connectivity index (χ4n) is 1.93. The summed E-state index contributed by atoms with van der Waals surface area (Å²) in [6.07, 6.45) is -0.640. The first kappa shape index (κ1) is 11.8. The standard InChI is InChI=1S/C15H16O2/c1-3-14(16)15(17)13-7-6-11-8-10(2)4-5-12(11)9-13/h4-9,15,17H,3H2,1-2H3. The van der Waals surface area contributed by atoms with Crippen LogP contribution in [0.4, 0.5) is 0 Å². The van der Waals surface area contributed by atoms with Gasteiger partial charge < -0.3 is 5.11 Å². The van der Waals surface area contributed by atoms with Gasteiger partial charge in [-0.25, -0.2) is 0 Å². The van der Waals surface area contributed by atoms with Gasteiger partial charge in [-0.1, -0.05) is 42.8 Å². The molecule has 1 unspecified atom stereocenters. The number of hydrogen-bond donors (Lipinski definition) is 1. The molecule has 0 saturated carbocycles. The number of benzene rings is 2. The van der Waals surface area contributed by atoms with Gasteiger partial charge >= 0.3 is 0 Å². The maximum atomic E-state index is 11.5. The Morgan fingerprint density at radius 1 is 1.18 bits per heavy atom. The Kier molecular flexibility index (Phi) is 3.25. The minimum atomic E-state index is -0.995. The average Bonchev–Trinajstić information content (AvgIpc) is 2.36. The van der Waals surface area contributed by atoms with Crippen LogP contribution >= 0.6 is 0 Å². The van der Waals surface area contributed by atoms with Gasteiger partial charge in [0, 0.05) is 6.42 Å². The normalized spacial score (nSPS) is 12.6. The van der Waals surface area contributed by atoms with E-state index < -0.39 is 6.10 Å². The zero-order chi connectivity index (χ0) is 12.4. The summed E-state index contributed by atoms with van der Waals surface area (Å²) >= 11 is 0. The second kappa shape index (κ2) is 4.68. The fraction of sp³-hybridized carbons (Fsp3) is 0.267. The molecule has 0 saturated heterocycles. The second-order valence-electron chi connectivity index (χ2n) is 4.33. The van der Waals surface area contributed by atoms with E-state index in [1.54, 1.807) is 6.92 Å². The number of hydrogen-bond acceptors (Lipinski definition) is 2. The lowest BCUT2D eigenvalue weighted by molar-refractivity contribution is -0.127. The van der Waals surface area contributed by atoms with Gasteiger partial charge in [0.2, 0.25) is 0 Å². The Morgan fingerprint density at radius 2 is 1.82 bits per heavy atom. The van der Waals surface area contributed by atoms with Crippen molar-refractivity contribution >= 4 is 16.6 Å². The summed E-state index contributed by atoms with van der Waals surface area (Å²) in [6.45, 7) is 3.80. The highest BCUT2D eigenvalue weighted by atomic mass is 16.3. The maximum absolute atomic E-state index is 11.5. The van der Waals surface area contributed by atoms with Crippen LogP contribution in [0.25, 0.3) is 10.8 Å². The molecule has 0 aliphatic heterocycles. The van der Waals surface area contributed by atoms with E-state index in [-0.39, 0.29) is 5.78 Å². The average molecular weight is 228 g/mol. The highest BCUT2D eigenvalue weighted by molar-refractivity contribution is 5.88. The lowest BCUT2D eigenvalue weighted by Gasteiger charge is -2.10. The summed E-state index contributed by atoms with van der Waals surface area (Å²) < 4.78 is 0. The minimum Gasteiger partial charge on any atom is -0.381 e. The van der Waals surface area contributed by atoms with Crippen LogP contribution in [0.5, 0.6) is 0 Å². The Labute approximate surface area is 101 Å². The van der Waals surface area contributed by atoms with Crippen molar-refractivity contribution in [3.63, 3.8) is 0 Å². The molecule has 0 aliphatic carbocycles. The fourth-order valence-corrected chi connectivity index (χ4v) is 1.93. The third-order valence-corrected chi connectivity index (χ3v) is 2.99. The monoisotopic (exact) mass is 228 g/mol. The molecule has 0 spiro atoms. The number of fused-ring (bicyclic) bond motifs is 1. The molecule has 0 amide bonds. The van der Waals surface area contributed by atoms with Crippen LogP contribution in [0.1, 0.15) is 30.6 Å². The third kappa shape index (κ3) is 2.37. The second-order valence-corrected chi connectivity index (χ2v) is 4.33. The summed E-state index contributed by atoms with van der Waals surface area (Å²) in [4.78, 5) is 11.5. The Hall–Kier alpha value is -1.67. The Balaban J connectivity index is 2.44. The molecule has 0 aliphatic rings. The van der Waals surface area contributed by atoms with Gasteiger partial charge in [0.1, 0.15) is 6.10 Å². The van der Waals surface area contributed by atoms with Crippen molar-refractivity contribution in [2.75, 3.05) is 0 Å². The molecule has 2 rings (SSSR count). The van der Waals surface area contributed by atoms with Crippen molar-refractivity contribution < 1.29 is 9.90 Å². The molecule has 88 valence electrons. The topological polar surface area (TPSA) is 37.3 Å². The van der Waals surface area contributed by atoms with Crippen molar-refractivity contribution in [1.82, 2.24) is 0 Å². The van der Waals surface area contributed by atoms with Crippen LogP contribution in [0.2, 0.25) is 0 Å². The zero-order valence-electron chi connectivity index (χ0n) is 10.1. The molecular weight excluding hydrogens is 212 g/mol. The number of aryl methyl sites for hydroxylation is 1. The quantitative estimate of drug-likeness (QED) is 0.876. The first-order valence-electron chi connectivity index (χ1n) is 5.83. The molecule has 0 radical (unpaired) electrons. The molecular formula is C15H16O2. The van der Waals surface area contributed by atoms with Crippen LogP contribution in [-0.4, -0.2) is 10.9 Å². The summed E-state index contributed by atoms with van der Waals surface area (Å²) in [6, 6.07) is 11.8. The molecule has 2 heteroatoms. The van der Waals surface area contributed by atoms with Gasteiger partial charge in [0.25, 0.3) is 0 Å². The van der Waals surface area contributed by atoms with Crippen molar-refractivity contribution in [2.45, 2.75) is 26.4 Å². The molecule has 2 aromatic carbocycles. The number of ketones is 1. The Morgan fingerprint density at radius 3 is 2.53 bits per heavy atom. The van der Waals surface area contributed by atoms with Crippen LogP contribution in [0.15, 0.2) is 36.4 Å². The molecule has 0 bridgehead atoms. The van der Waals surface area contributed by atoms with E-state index in [9.17, 15) is 9.90 Å². The van der Waals surface area contributed by atoms with E-state index in [1.807, 2.05) is 37.3 Å². The molecule has 0 aromatic heterocycles. The summed E-state index contributed by atoms with van der Waals surface area (Å²) in [5, 5.41) is 12.0. The first-order chi connectivity index (χ1) is 8.11. The number of rotatable bonds is 3. The molecule has 1 atom stereocenters. The van der Waals surface area contributed by atoms with Crippen LogP contribution < -0.4 is 0 Å². The summed E-state index contributed by atoms with van der Waals surface area (Å²) in [5.74, 6) is -0.142. The summed E-state index contributed by atoms with van der Waals surface area (Å²) in [5.41, 5.74) is 1.88. The smallest absolute Gasteiger partial charge is 0.165 e. The van der Waals surface area contributed by atoms with Gasteiger partial charge in [0.05, 0.1) is 0 Å². The number of carbonyl (C=O) groups is 1. The van der Waals surface area contributed by atoms with Crippen molar-refractivity contribution in [1.29, 1.82) is 0 Å². The third-order valence-electron chi connectivity index (χ3n) is 2.99. The molecule has 2 aromatic rings. The number of aliphatic hydroxyl groups excluding tert-OH is 1. The van der Waals surface area contributed by atoms with Gasteiger partial charge in [0.15, 0.2) is 5.78 Å². The predicted molar refractivity (Wildman–Crippen MR) is 68.9 cm³/mol. The van der Waals surface area contributed by atoms with E-state index in [4.69, 9.17) is 0 Å². The SMILES string of the molecule is CCC(=O)C(O)c1ccc2cc(C)ccc2c1. The molecule has 17 heavy (non-hydrogen) atoms. The van der Waals surface area contributed by atoms with E-state index in [0.29, 0.717) is 12.0 Å². The number of aliphatic hydroxyl groups is 1. The van der Waals surface area contributed by atoms with Crippen LogP contribution in [0, 0.1) is 6.92 Å². The molecule has 2 nitrogen and oxygen atoms in total. The minimum absolute atomic E-state index is 0.142. The van der Waals surface area contributed by atoms with Crippen LogP contribution in [-0.2, 0) is 4.79 Å². The van der Waals surface area contributed by atoms with Crippen molar-refractivity contribution in [3.8, 4) is 0 Å². The largest absolute Gasteiger partial charge is 0.381 e. The van der Waals surface area contributed by atoms with Gasteiger partial charge in [-0.15, -0.1) is 0 Å². The molecule has 0 heterocycles. The molecule has 0 fully saturated rings. The molecule has 1 N–H and O–H groups in total. The lowest BCUT2D eigenvalue weighted by atomic mass is 9.99.